The van der Waals surface area contributed by atoms with Crippen LogP contribution in [0.25, 0.3) is 0 Å². The van der Waals surface area contributed by atoms with Crippen molar-refractivity contribution >= 4 is 17.7 Å². The summed E-state index contributed by atoms with van der Waals surface area (Å²) in [7, 11) is 0. The van der Waals surface area contributed by atoms with Crippen molar-refractivity contribution in [1.82, 2.24) is 4.57 Å². The number of carboxylic acid groups (broad SMARTS) is 1. The Morgan fingerprint density at radius 3 is 2.69 bits per heavy atom. The molecule has 16 heavy (non-hydrogen) atoms. The van der Waals surface area contributed by atoms with Gasteiger partial charge in [0.1, 0.15) is 6.04 Å². The highest BCUT2D eigenvalue weighted by Gasteiger charge is 2.16. The van der Waals surface area contributed by atoms with Gasteiger partial charge in [-0.2, -0.15) is 0 Å². The fraction of sp³-hybridized carbons (Fsp3) is 0.444. The number of hydrogen-bond donors (Lipinski definition) is 4. The largest absolute Gasteiger partial charge is 0.494 e. The van der Waals surface area contributed by atoms with E-state index in [0.29, 0.717) is 11.4 Å². The lowest BCUT2D eigenvalue weighted by molar-refractivity contribution is -0.137. The van der Waals surface area contributed by atoms with E-state index in [4.69, 9.17) is 10.8 Å². The predicted octanol–water partition coefficient (Wildman–Crippen LogP) is 0.423. The first-order valence-electron chi connectivity index (χ1n) is 4.70. The molecule has 1 atom stereocenters. The fourth-order valence-corrected chi connectivity index (χ4v) is 2.10. The molecular weight excluding hydrogens is 232 g/mol. The van der Waals surface area contributed by atoms with Crippen LogP contribution < -0.4 is 5.73 Å². The molecule has 0 radical (unpaired) electrons. The van der Waals surface area contributed by atoms with Gasteiger partial charge in [0.25, 0.3) is 0 Å². The van der Waals surface area contributed by atoms with E-state index in [0.717, 1.165) is 11.8 Å². The Bertz CT molecular complexity index is 391. The minimum Gasteiger partial charge on any atom is -0.494 e. The normalized spacial score (nSPS) is 12.6. The molecule has 0 saturated heterocycles. The number of rotatable bonds is 5. The van der Waals surface area contributed by atoms with E-state index in [2.05, 4.69) is 0 Å². The van der Waals surface area contributed by atoms with E-state index in [1.807, 2.05) is 0 Å². The van der Waals surface area contributed by atoms with Crippen LogP contribution in [-0.4, -0.2) is 37.7 Å². The average Bonchev–Trinajstić information content (AvgIpc) is 2.50. The van der Waals surface area contributed by atoms with Crippen LogP contribution in [0.3, 0.4) is 0 Å². The number of aromatic nitrogens is 1. The van der Waals surface area contributed by atoms with Gasteiger partial charge in [0.15, 0.2) is 5.88 Å². The molecule has 0 amide bonds. The van der Waals surface area contributed by atoms with Crippen molar-refractivity contribution in [2.75, 3.05) is 5.75 Å². The number of carboxylic acids is 1. The molecule has 0 saturated carbocycles. The fourth-order valence-electron chi connectivity index (χ4n) is 1.17. The molecule has 5 N–H and O–H groups in total. The van der Waals surface area contributed by atoms with Gasteiger partial charge in [0, 0.05) is 18.4 Å². The molecule has 1 heterocycles. The number of nitrogens with two attached hydrogens (primary N) is 1. The Morgan fingerprint density at radius 1 is 1.62 bits per heavy atom. The van der Waals surface area contributed by atoms with Gasteiger partial charge in [-0.3, -0.25) is 9.36 Å². The third-order valence-corrected chi connectivity index (χ3v) is 3.20. The lowest BCUT2D eigenvalue weighted by Crippen LogP contribution is -2.32. The van der Waals surface area contributed by atoms with E-state index < -0.39 is 12.0 Å². The number of nitrogens with zero attached hydrogens (tertiary/aromatic N) is 1. The maximum absolute atomic E-state index is 10.5. The van der Waals surface area contributed by atoms with Gasteiger partial charge in [-0.05, 0) is 6.92 Å². The van der Waals surface area contributed by atoms with Crippen molar-refractivity contribution in [3.05, 3.63) is 6.07 Å². The minimum atomic E-state index is -1.09. The molecule has 7 heteroatoms. The van der Waals surface area contributed by atoms with Gasteiger partial charge >= 0.3 is 5.97 Å². The van der Waals surface area contributed by atoms with Crippen molar-refractivity contribution < 1.29 is 20.1 Å². The van der Waals surface area contributed by atoms with Gasteiger partial charge in [-0.15, -0.1) is 11.8 Å². The Labute approximate surface area is 96.7 Å². The SMILES string of the molecule is CCn1c(O)cc(SC[C@H](N)C(=O)O)c1O. The summed E-state index contributed by atoms with van der Waals surface area (Å²) in [6, 6.07) is 0.398. The zero-order chi connectivity index (χ0) is 12.3. The smallest absolute Gasteiger partial charge is 0.321 e. The summed E-state index contributed by atoms with van der Waals surface area (Å²) in [5, 5.41) is 27.7. The molecule has 0 bridgehead atoms. The lowest BCUT2D eigenvalue weighted by Gasteiger charge is -2.05. The molecule has 0 fully saturated rings. The molecule has 6 nitrogen and oxygen atoms in total. The van der Waals surface area contributed by atoms with Gasteiger partial charge < -0.3 is 21.1 Å². The van der Waals surface area contributed by atoms with Crippen molar-refractivity contribution in [2.24, 2.45) is 5.73 Å². The Hall–Kier alpha value is -1.34. The highest BCUT2D eigenvalue weighted by molar-refractivity contribution is 7.99. The van der Waals surface area contributed by atoms with E-state index in [1.165, 1.54) is 10.6 Å². The van der Waals surface area contributed by atoms with E-state index in [1.54, 1.807) is 6.92 Å². The Balaban J connectivity index is 2.71. The molecule has 0 aliphatic carbocycles. The number of aromatic hydroxyl groups is 2. The quantitative estimate of drug-likeness (QED) is 0.561. The van der Waals surface area contributed by atoms with E-state index in [9.17, 15) is 15.0 Å². The van der Waals surface area contributed by atoms with Crippen molar-refractivity contribution in [3.8, 4) is 11.8 Å². The standard InChI is InChI=1S/C9H14N2O4S/c1-2-11-7(12)3-6(8(11)13)16-4-5(10)9(14)15/h3,5,12-13H,2,4,10H2,1H3,(H,14,15)/t5-/m0/s1. The molecule has 0 unspecified atom stereocenters. The molecule has 1 aromatic rings. The third kappa shape index (κ3) is 2.61. The summed E-state index contributed by atoms with van der Waals surface area (Å²) >= 11 is 1.10. The molecule has 1 aromatic heterocycles. The topological polar surface area (TPSA) is 109 Å². The first kappa shape index (κ1) is 12.7. The lowest BCUT2D eigenvalue weighted by atomic mass is 10.4. The second-order valence-corrected chi connectivity index (χ2v) is 4.25. The van der Waals surface area contributed by atoms with Gasteiger partial charge in [-0.1, -0.05) is 0 Å². The van der Waals surface area contributed by atoms with Crippen LogP contribution in [-0.2, 0) is 11.3 Å². The van der Waals surface area contributed by atoms with Crippen LogP contribution in [0.5, 0.6) is 11.8 Å². The third-order valence-electron chi connectivity index (χ3n) is 2.06. The van der Waals surface area contributed by atoms with Crippen molar-refractivity contribution in [1.29, 1.82) is 0 Å². The molecular formula is C9H14N2O4S. The number of carbonyl (C=O) groups is 1. The second kappa shape index (κ2) is 5.13. The number of hydrogen-bond acceptors (Lipinski definition) is 5. The molecule has 0 aromatic carbocycles. The van der Waals surface area contributed by atoms with Crippen LogP contribution in [0.1, 0.15) is 6.92 Å². The van der Waals surface area contributed by atoms with Crippen molar-refractivity contribution in [2.45, 2.75) is 24.4 Å². The highest BCUT2D eigenvalue weighted by Crippen LogP contribution is 2.35. The van der Waals surface area contributed by atoms with Crippen LogP contribution in [0.15, 0.2) is 11.0 Å². The van der Waals surface area contributed by atoms with Crippen LogP contribution in [0, 0.1) is 0 Å². The molecule has 0 aliphatic rings. The first-order valence-corrected chi connectivity index (χ1v) is 5.68. The zero-order valence-corrected chi connectivity index (χ0v) is 9.57. The second-order valence-electron chi connectivity index (χ2n) is 3.19. The Kier molecular flexibility index (Phi) is 4.08. The maximum Gasteiger partial charge on any atom is 0.321 e. The van der Waals surface area contributed by atoms with Gasteiger partial charge in [0.05, 0.1) is 4.90 Å². The van der Waals surface area contributed by atoms with E-state index >= 15 is 0 Å². The first-order chi connectivity index (χ1) is 7.47. The summed E-state index contributed by atoms with van der Waals surface area (Å²) in [6.45, 7) is 2.21. The predicted molar refractivity (Wildman–Crippen MR) is 59.8 cm³/mol. The summed E-state index contributed by atoms with van der Waals surface area (Å²) < 4.78 is 1.31. The molecule has 0 spiro atoms. The number of thioether (sulfide) groups is 1. The Morgan fingerprint density at radius 2 is 2.25 bits per heavy atom. The maximum atomic E-state index is 10.5. The van der Waals surface area contributed by atoms with E-state index in [-0.39, 0.29) is 17.5 Å². The van der Waals surface area contributed by atoms with Gasteiger partial charge in [0.2, 0.25) is 5.88 Å². The molecule has 90 valence electrons. The minimum absolute atomic E-state index is 0.0496. The summed E-state index contributed by atoms with van der Waals surface area (Å²) in [6.07, 6.45) is 0. The summed E-state index contributed by atoms with van der Waals surface area (Å²) in [5.74, 6) is -1.07. The number of aliphatic carboxylic acids is 1. The molecule has 0 aliphatic heterocycles. The summed E-state index contributed by atoms with van der Waals surface area (Å²) in [4.78, 5) is 10.9. The van der Waals surface area contributed by atoms with Gasteiger partial charge in [-0.25, -0.2) is 0 Å². The molecule has 1 rings (SSSR count). The van der Waals surface area contributed by atoms with Crippen LogP contribution in [0.2, 0.25) is 0 Å². The van der Waals surface area contributed by atoms with Crippen LogP contribution in [0.4, 0.5) is 0 Å². The average molecular weight is 246 g/mol. The zero-order valence-electron chi connectivity index (χ0n) is 8.75. The highest BCUT2D eigenvalue weighted by atomic mass is 32.2. The monoisotopic (exact) mass is 246 g/mol. The van der Waals surface area contributed by atoms with Crippen molar-refractivity contribution in [3.63, 3.8) is 0 Å². The summed E-state index contributed by atoms with van der Waals surface area (Å²) in [5.41, 5.74) is 5.32. The van der Waals surface area contributed by atoms with Crippen LogP contribution >= 0.6 is 11.8 Å².